The molecule has 0 radical (unpaired) electrons. The molecule has 1 heterocycles. The van der Waals surface area contributed by atoms with Gasteiger partial charge in [-0.1, -0.05) is 0 Å². The molecule has 0 atom stereocenters. The number of nitrogen functional groups attached to an aromatic ring is 1. The number of amidine groups is 1. The quantitative estimate of drug-likeness (QED) is 0.465. The molecule has 78 valence electrons. The van der Waals surface area contributed by atoms with E-state index in [-0.39, 0.29) is 11.7 Å². The Morgan fingerprint density at radius 3 is 3.07 bits per heavy atom. The number of nitrogens with two attached hydrogens (primary N) is 1. The predicted octanol–water partition coefficient (Wildman–Crippen LogP) is 0.692. The highest BCUT2D eigenvalue weighted by Gasteiger charge is 2.14. The first-order valence-corrected chi connectivity index (χ1v) is 4.58. The summed E-state index contributed by atoms with van der Waals surface area (Å²) < 4.78 is 5.36. The molecule has 15 heavy (non-hydrogen) atoms. The first kappa shape index (κ1) is 9.51. The van der Waals surface area contributed by atoms with Crippen LogP contribution in [0.5, 0.6) is 5.75 Å². The number of ether oxygens (including phenoxy) is 1. The Kier molecular flexibility index (Phi) is 2.29. The number of hydrogen-bond acceptors (Lipinski definition) is 3. The van der Waals surface area contributed by atoms with Crippen molar-refractivity contribution in [3.63, 3.8) is 0 Å². The van der Waals surface area contributed by atoms with Gasteiger partial charge in [0.25, 0.3) is 0 Å². The number of rotatable bonds is 1. The van der Waals surface area contributed by atoms with Crippen molar-refractivity contribution in [1.82, 2.24) is 0 Å². The van der Waals surface area contributed by atoms with Crippen molar-refractivity contribution in [3.05, 3.63) is 23.8 Å². The number of carbonyl (C=O) groups is 1. The van der Waals surface area contributed by atoms with Crippen LogP contribution in [0, 0.1) is 5.41 Å². The second kappa shape index (κ2) is 3.61. The summed E-state index contributed by atoms with van der Waals surface area (Å²) in [5.41, 5.74) is 6.49. The van der Waals surface area contributed by atoms with Crippen LogP contribution in [0.3, 0.4) is 0 Å². The number of anilines is 1. The van der Waals surface area contributed by atoms with Crippen molar-refractivity contribution in [3.8, 4) is 5.75 Å². The molecule has 0 unspecified atom stereocenters. The Hall–Kier alpha value is -2.04. The number of fused-ring (bicyclic) bond motifs is 1. The van der Waals surface area contributed by atoms with Crippen molar-refractivity contribution < 1.29 is 9.53 Å². The van der Waals surface area contributed by atoms with E-state index < -0.39 is 0 Å². The Balaban J connectivity index is 2.41. The lowest BCUT2D eigenvalue weighted by atomic mass is 10.1. The van der Waals surface area contributed by atoms with Gasteiger partial charge in [0.05, 0.1) is 18.7 Å². The van der Waals surface area contributed by atoms with E-state index in [0.717, 1.165) is 0 Å². The number of amides is 1. The minimum absolute atomic E-state index is 0.0312. The molecule has 0 saturated carbocycles. The number of carbonyl (C=O) groups excluding carboxylic acids is 1. The molecule has 0 saturated heterocycles. The van der Waals surface area contributed by atoms with Gasteiger partial charge in [-0.2, -0.15) is 0 Å². The lowest BCUT2D eigenvalue weighted by molar-refractivity contribution is -0.116. The standard InChI is InChI=1S/C10H11N3O2/c11-10(12)6-1-2-8-7(5-6)13-9(14)3-4-15-8/h1-2,5H,3-4H2,(H3,11,12)(H,13,14). The van der Waals surface area contributed by atoms with E-state index in [0.29, 0.717) is 30.0 Å². The first-order chi connectivity index (χ1) is 7.16. The molecule has 1 aliphatic heterocycles. The summed E-state index contributed by atoms with van der Waals surface area (Å²) in [6.45, 7) is 0.373. The third kappa shape index (κ3) is 1.90. The molecule has 0 bridgehead atoms. The van der Waals surface area contributed by atoms with Gasteiger partial charge < -0.3 is 15.8 Å². The maximum atomic E-state index is 11.3. The molecule has 0 aliphatic carbocycles. The zero-order valence-electron chi connectivity index (χ0n) is 8.04. The van der Waals surface area contributed by atoms with E-state index in [4.69, 9.17) is 15.9 Å². The average Bonchev–Trinajstić information content (AvgIpc) is 2.37. The van der Waals surface area contributed by atoms with Gasteiger partial charge in [-0.15, -0.1) is 0 Å². The van der Waals surface area contributed by atoms with Crippen molar-refractivity contribution in [2.45, 2.75) is 6.42 Å². The Morgan fingerprint density at radius 2 is 2.33 bits per heavy atom. The van der Waals surface area contributed by atoms with Gasteiger partial charge in [-0.25, -0.2) is 0 Å². The van der Waals surface area contributed by atoms with Gasteiger partial charge in [-0.05, 0) is 18.2 Å². The lowest BCUT2D eigenvalue weighted by Crippen LogP contribution is -2.13. The highest BCUT2D eigenvalue weighted by atomic mass is 16.5. The van der Waals surface area contributed by atoms with Crippen molar-refractivity contribution in [2.75, 3.05) is 11.9 Å². The molecule has 1 aromatic rings. The van der Waals surface area contributed by atoms with E-state index >= 15 is 0 Å². The zero-order valence-corrected chi connectivity index (χ0v) is 8.04. The highest BCUT2D eigenvalue weighted by Crippen LogP contribution is 2.27. The fourth-order valence-corrected chi connectivity index (χ4v) is 1.39. The SMILES string of the molecule is N=C(N)c1ccc2c(c1)NC(=O)CCO2. The molecule has 1 aromatic carbocycles. The minimum atomic E-state index is -0.0885. The summed E-state index contributed by atoms with van der Waals surface area (Å²) >= 11 is 0. The summed E-state index contributed by atoms with van der Waals surface area (Å²) in [4.78, 5) is 11.3. The molecule has 0 fully saturated rings. The molecule has 0 aromatic heterocycles. The van der Waals surface area contributed by atoms with Crippen LogP contribution in [0.25, 0.3) is 0 Å². The normalized spacial score (nSPS) is 14.5. The maximum absolute atomic E-state index is 11.3. The fourth-order valence-electron chi connectivity index (χ4n) is 1.39. The van der Waals surface area contributed by atoms with Crippen LogP contribution in [0.2, 0.25) is 0 Å². The number of benzene rings is 1. The van der Waals surface area contributed by atoms with Crippen molar-refractivity contribution in [1.29, 1.82) is 5.41 Å². The molecule has 1 aliphatic rings. The van der Waals surface area contributed by atoms with E-state index in [1.54, 1.807) is 18.2 Å². The smallest absolute Gasteiger partial charge is 0.227 e. The third-order valence-corrected chi connectivity index (χ3v) is 2.15. The largest absolute Gasteiger partial charge is 0.491 e. The molecule has 5 heteroatoms. The Bertz CT molecular complexity index is 429. The lowest BCUT2D eigenvalue weighted by Gasteiger charge is -2.08. The second-order valence-electron chi connectivity index (χ2n) is 3.27. The molecular formula is C10H11N3O2. The zero-order chi connectivity index (χ0) is 10.8. The Labute approximate surface area is 86.7 Å². The van der Waals surface area contributed by atoms with E-state index in [1.807, 2.05) is 0 Å². The highest BCUT2D eigenvalue weighted by molar-refractivity contribution is 5.99. The van der Waals surface area contributed by atoms with E-state index in [1.165, 1.54) is 0 Å². The maximum Gasteiger partial charge on any atom is 0.227 e. The molecule has 1 amide bonds. The molecule has 0 spiro atoms. The summed E-state index contributed by atoms with van der Waals surface area (Å²) in [5.74, 6) is 0.497. The second-order valence-corrected chi connectivity index (χ2v) is 3.27. The van der Waals surface area contributed by atoms with Gasteiger partial charge >= 0.3 is 0 Å². The van der Waals surface area contributed by atoms with E-state index in [9.17, 15) is 4.79 Å². The van der Waals surface area contributed by atoms with Gasteiger partial charge in [0.1, 0.15) is 11.6 Å². The molecule has 4 N–H and O–H groups in total. The monoisotopic (exact) mass is 205 g/mol. The topological polar surface area (TPSA) is 88.2 Å². The first-order valence-electron chi connectivity index (χ1n) is 4.58. The van der Waals surface area contributed by atoms with Gasteiger partial charge in [0, 0.05) is 5.56 Å². The van der Waals surface area contributed by atoms with E-state index in [2.05, 4.69) is 5.32 Å². The molecular weight excluding hydrogens is 194 g/mol. The number of hydrogen-bond donors (Lipinski definition) is 3. The summed E-state index contributed by atoms with van der Waals surface area (Å²) in [5, 5.41) is 9.98. The van der Waals surface area contributed by atoms with Gasteiger partial charge in [0.2, 0.25) is 5.91 Å². The predicted molar refractivity (Wildman–Crippen MR) is 56.2 cm³/mol. The van der Waals surface area contributed by atoms with Gasteiger partial charge in [-0.3, -0.25) is 10.2 Å². The van der Waals surface area contributed by atoms with Crippen molar-refractivity contribution >= 4 is 17.4 Å². The van der Waals surface area contributed by atoms with Crippen LogP contribution in [-0.2, 0) is 4.79 Å². The number of nitrogens with one attached hydrogen (secondary N) is 2. The van der Waals surface area contributed by atoms with Crippen LogP contribution in [0.15, 0.2) is 18.2 Å². The van der Waals surface area contributed by atoms with Crippen molar-refractivity contribution in [2.24, 2.45) is 5.73 Å². The van der Waals surface area contributed by atoms with Crippen LogP contribution in [-0.4, -0.2) is 18.3 Å². The third-order valence-electron chi connectivity index (χ3n) is 2.15. The minimum Gasteiger partial charge on any atom is -0.491 e. The van der Waals surface area contributed by atoms with Gasteiger partial charge in [0.15, 0.2) is 0 Å². The molecule has 2 rings (SSSR count). The summed E-state index contributed by atoms with van der Waals surface area (Å²) in [7, 11) is 0. The summed E-state index contributed by atoms with van der Waals surface area (Å²) in [6.07, 6.45) is 0.337. The Morgan fingerprint density at radius 1 is 1.53 bits per heavy atom. The van der Waals surface area contributed by atoms with Crippen LogP contribution < -0.4 is 15.8 Å². The van der Waals surface area contributed by atoms with Crippen LogP contribution in [0.1, 0.15) is 12.0 Å². The van der Waals surface area contributed by atoms with Crippen LogP contribution in [0.4, 0.5) is 5.69 Å². The van der Waals surface area contributed by atoms with Crippen LogP contribution >= 0.6 is 0 Å². The molecule has 5 nitrogen and oxygen atoms in total. The average molecular weight is 205 g/mol. The fraction of sp³-hybridized carbons (Fsp3) is 0.200. The summed E-state index contributed by atoms with van der Waals surface area (Å²) in [6, 6.07) is 5.04.